The van der Waals surface area contributed by atoms with E-state index in [9.17, 15) is 18.4 Å². The van der Waals surface area contributed by atoms with Crippen molar-refractivity contribution in [3.8, 4) is 0 Å². The summed E-state index contributed by atoms with van der Waals surface area (Å²) in [4.78, 5) is 30.1. The lowest BCUT2D eigenvalue weighted by Gasteiger charge is -2.19. The minimum absolute atomic E-state index is 0.0364. The Kier molecular flexibility index (Phi) is 4.99. The van der Waals surface area contributed by atoms with Crippen molar-refractivity contribution in [3.63, 3.8) is 0 Å². The maximum absolute atomic E-state index is 13.9. The number of rotatable bonds is 4. The minimum Gasteiger partial charge on any atom is -0.340 e. The second-order valence-corrected chi connectivity index (χ2v) is 6.20. The van der Waals surface area contributed by atoms with Crippen LogP contribution in [0.4, 0.5) is 8.78 Å². The Morgan fingerprint density at radius 1 is 1.27 bits per heavy atom. The van der Waals surface area contributed by atoms with E-state index in [1.165, 1.54) is 42.5 Å². The van der Waals surface area contributed by atoms with Gasteiger partial charge in [-0.3, -0.25) is 14.2 Å². The molecule has 0 fully saturated rings. The molecule has 134 valence electrons. The lowest BCUT2D eigenvalue weighted by molar-refractivity contribution is -0.131. The monoisotopic (exact) mass is 377 g/mol. The summed E-state index contributed by atoms with van der Waals surface area (Å²) >= 11 is 5.97. The van der Waals surface area contributed by atoms with Crippen LogP contribution in [-0.2, 0) is 17.9 Å². The van der Waals surface area contributed by atoms with E-state index in [-0.39, 0.29) is 34.6 Å². The van der Waals surface area contributed by atoms with Crippen LogP contribution in [0.5, 0.6) is 0 Å². The van der Waals surface area contributed by atoms with E-state index < -0.39 is 23.1 Å². The SMILES string of the molecule is CN(Cc1c(F)cccc1Cl)C(=O)Cn1cnc2cc(F)ccc2c1=O. The van der Waals surface area contributed by atoms with Crippen LogP contribution in [0.3, 0.4) is 0 Å². The number of aromatic nitrogens is 2. The Bertz CT molecular complexity index is 1030. The van der Waals surface area contributed by atoms with Crippen molar-refractivity contribution in [3.05, 3.63) is 75.3 Å². The van der Waals surface area contributed by atoms with Gasteiger partial charge >= 0.3 is 0 Å². The van der Waals surface area contributed by atoms with E-state index in [4.69, 9.17) is 11.6 Å². The van der Waals surface area contributed by atoms with Crippen molar-refractivity contribution in [2.24, 2.45) is 0 Å². The van der Waals surface area contributed by atoms with E-state index in [0.29, 0.717) is 0 Å². The molecule has 3 aromatic rings. The highest BCUT2D eigenvalue weighted by atomic mass is 35.5. The third-order valence-electron chi connectivity index (χ3n) is 3.98. The van der Waals surface area contributed by atoms with Crippen molar-refractivity contribution >= 4 is 28.4 Å². The number of halogens is 3. The Balaban J connectivity index is 1.81. The smallest absolute Gasteiger partial charge is 0.261 e. The molecule has 0 aliphatic carbocycles. The van der Waals surface area contributed by atoms with Gasteiger partial charge in [0.25, 0.3) is 5.56 Å². The van der Waals surface area contributed by atoms with Crippen molar-refractivity contribution in [1.82, 2.24) is 14.5 Å². The second-order valence-electron chi connectivity index (χ2n) is 5.79. The Morgan fingerprint density at radius 2 is 2.04 bits per heavy atom. The van der Waals surface area contributed by atoms with Crippen LogP contribution in [-0.4, -0.2) is 27.4 Å². The number of nitrogens with zero attached hydrogens (tertiary/aromatic N) is 3. The fraction of sp³-hybridized carbons (Fsp3) is 0.167. The molecule has 0 radical (unpaired) electrons. The molecule has 26 heavy (non-hydrogen) atoms. The van der Waals surface area contributed by atoms with Crippen LogP contribution < -0.4 is 5.56 Å². The van der Waals surface area contributed by atoms with Gasteiger partial charge in [0.05, 0.1) is 17.2 Å². The molecule has 0 saturated heterocycles. The van der Waals surface area contributed by atoms with Gasteiger partial charge < -0.3 is 4.90 Å². The lowest BCUT2D eigenvalue weighted by atomic mass is 10.2. The third kappa shape index (κ3) is 3.57. The van der Waals surface area contributed by atoms with E-state index in [1.54, 1.807) is 0 Å². The Morgan fingerprint density at radius 3 is 2.77 bits per heavy atom. The van der Waals surface area contributed by atoms with Crippen LogP contribution in [0.15, 0.2) is 47.5 Å². The fourth-order valence-corrected chi connectivity index (χ4v) is 2.74. The average molecular weight is 378 g/mol. The minimum atomic E-state index is -0.510. The van der Waals surface area contributed by atoms with Gasteiger partial charge in [0, 0.05) is 30.2 Å². The standard InChI is InChI=1S/C18H14ClF2N3O2/c1-23(8-13-14(19)3-2-4-15(13)21)17(25)9-24-10-22-16-7-11(20)5-6-12(16)18(24)26/h2-7,10H,8-9H2,1H3. The highest BCUT2D eigenvalue weighted by molar-refractivity contribution is 6.31. The zero-order chi connectivity index (χ0) is 18.8. The lowest BCUT2D eigenvalue weighted by Crippen LogP contribution is -2.34. The molecule has 8 heteroatoms. The highest BCUT2D eigenvalue weighted by Crippen LogP contribution is 2.20. The summed E-state index contributed by atoms with van der Waals surface area (Å²) in [5.41, 5.74) is -0.0460. The summed E-state index contributed by atoms with van der Waals surface area (Å²) in [5.74, 6) is -1.43. The van der Waals surface area contributed by atoms with Crippen LogP contribution in [0, 0.1) is 11.6 Å². The third-order valence-corrected chi connectivity index (χ3v) is 4.33. The topological polar surface area (TPSA) is 55.2 Å². The number of carbonyl (C=O) groups excluding carboxylic acids is 1. The predicted molar refractivity (Wildman–Crippen MR) is 93.8 cm³/mol. The van der Waals surface area contributed by atoms with Crippen LogP contribution >= 0.6 is 11.6 Å². The molecule has 3 rings (SSSR count). The summed E-state index contributed by atoms with van der Waals surface area (Å²) in [7, 11) is 1.49. The van der Waals surface area contributed by atoms with Crippen molar-refractivity contribution in [2.45, 2.75) is 13.1 Å². The largest absolute Gasteiger partial charge is 0.340 e. The first-order chi connectivity index (χ1) is 12.4. The van der Waals surface area contributed by atoms with Gasteiger partial charge in [-0.2, -0.15) is 0 Å². The first-order valence-electron chi connectivity index (χ1n) is 7.68. The number of fused-ring (bicyclic) bond motifs is 1. The van der Waals surface area contributed by atoms with E-state index in [2.05, 4.69) is 4.98 Å². The van der Waals surface area contributed by atoms with Crippen LogP contribution in [0.2, 0.25) is 5.02 Å². The maximum atomic E-state index is 13.9. The summed E-state index contributed by atoms with van der Waals surface area (Å²) < 4.78 is 28.2. The molecule has 1 amide bonds. The van der Waals surface area contributed by atoms with Crippen molar-refractivity contribution in [2.75, 3.05) is 7.05 Å². The van der Waals surface area contributed by atoms with Crippen molar-refractivity contribution in [1.29, 1.82) is 0 Å². The van der Waals surface area contributed by atoms with E-state index in [1.807, 2.05) is 0 Å². The first kappa shape index (κ1) is 18.0. The number of hydrogen-bond acceptors (Lipinski definition) is 3. The maximum Gasteiger partial charge on any atom is 0.261 e. The molecule has 1 aromatic heterocycles. The van der Waals surface area contributed by atoms with E-state index in [0.717, 1.165) is 16.7 Å². The zero-order valence-corrected chi connectivity index (χ0v) is 14.5. The van der Waals surface area contributed by atoms with Crippen LogP contribution in [0.25, 0.3) is 10.9 Å². The normalized spacial score (nSPS) is 10.9. The van der Waals surface area contributed by atoms with Gasteiger partial charge in [-0.25, -0.2) is 13.8 Å². The molecule has 0 atom stereocenters. The predicted octanol–water partition coefficient (Wildman–Crippen LogP) is 2.99. The molecule has 5 nitrogen and oxygen atoms in total. The van der Waals surface area contributed by atoms with Gasteiger partial charge in [-0.1, -0.05) is 17.7 Å². The number of hydrogen-bond donors (Lipinski definition) is 0. The average Bonchev–Trinajstić information content (AvgIpc) is 2.60. The summed E-state index contributed by atoms with van der Waals surface area (Å²) in [6.45, 7) is -0.312. The summed E-state index contributed by atoms with van der Waals surface area (Å²) in [6, 6.07) is 7.90. The number of carbonyl (C=O) groups is 1. The van der Waals surface area contributed by atoms with Gasteiger partial charge in [-0.05, 0) is 24.3 Å². The molecule has 0 N–H and O–H groups in total. The zero-order valence-electron chi connectivity index (χ0n) is 13.7. The molecule has 0 unspecified atom stereocenters. The molecule has 0 spiro atoms. The van der Waals surface area contributed by atoms with Gasteiger partial charge in [0.1, 0.15) is 18.2 Å². The quantitative estimate of drug-likeness (QED) is 0.702. The molecule has 0 saturated carbocycles. The first-order valence-corrected chi connectivity index (χ1v) is 8.06. The second kappa shape index (κ2) is 7.21. The number of amides is 1. The van der Waals surface area contributed by atoms with Gasteiger partial charge in [0.2, 0.25) is 5.91 Å². The summed E-state index contributed by atoms with van der Waals surface area (Å²) in [6.07, 6.45) is 1.19. The molecule has 0 aliphatic heterocycles. The molecule has 0 aliphatic rings. The van der Waals surface area contributed by atoms with Gasteiger partial charge in [-0.15, -0.1) is 0 Å². The molecule has 1 heterocycles. The van der Waals surface area contributed by atoms with Crippen LogP contribution in [0.1, 0.15) is 5.56 Å². The Hall–Kier alpha value is -2.80. The number of benzene rings is 2. The molecule has 0 bridgehead atoms. The number of likely N-dealkylation sites (N-methyl/N-ethyl adjacent to an activating group) is 1. The molecular formula is C18H14ClF2N3O2. The van der Waals surface area contributed by atoms with Gasteiger partial charge in [0.15, 0.2) is 0 Å². The highest BCUT2D eigenvalue weighted by Gasteiger charge is 2.16. The van der Waals surface area contributed by atoms with E-state index >= 15 is 0 Å². The van der Waals surface area contributed by atoms with Crippen molar-refractivity contribution < 1.29 is 13.6 Å². The molecule has 2 aromatic carbocycles. The fourth-order valence-electron chi connectivity index (χ4n) is 2.52. The molecular weight excluding hydrogens is 364 g/mol. The summed E-state index contributed by atoms with van der Waals surface area (Å²) in [5, 5.41) is 0.428. The Labute approximate surface area is 152 Å².